The Kier molecular flexibility index (Phi) is 4.31. The molecule has 1 aromatic carbocycles. The lowest BCUT2D eigenvalue weighted by Crippen LogP contribution is -2.32. The van der Waals surface area contributed by atoms with Gasteiger partial charge in [0.05, 0.1) is 6.61 Å². The van der Waals surface area contributed by atoms with Crippen molar-refractivity contribution in [1.82, 2.24) is 0 Å². The van der Waals surface area contributed by atoms with Crippen LogP contribution in [0.3, 0.4) is 0 Å². The van der Waals surface area contributed by atoms with E-state index in [1.165, 1.54) is 5.56 Å². The van der Waals surface area contributed by atoms with Crippen LogP contribution in [-0.4, -0.2) is 17.9 Å². The summed E-state index contributed by atoms with van der Waals surface area (Å²) in [5.41, 5.74) is 7.80. The van der Waals surface area contributed by atoms with Crippen LogP contribution in [0.1, 0.15) is 37.8 Å². The van der Waals surface area contributed by atoms with Gasteiger partial charge >= 0.3 is 0 Å². The number of carbonyl (C=O) groups excluding carboxylic acids is 1. The lowest BCUT2D eigenvalue weighted by Gasteiger charge is -2.17. The van der Waals surface area contributed by atoms with E-state index in [-0.39, 0.29) is 11.3 Å². The predicted molar refractivity (Wildman–Crippen MR) is 79.6 cm³/mol. The van der Waals surface area contributed by atoms with E-state index in [1.807, 2.05) is 19.9 Å². The minimum absolute atomic E-state index is 0.217. The van der Waals surface area contributed by atoms with Crippen LogP contribution in [0.15, 0.2) is 16.6 Å². The normalized spacial score (nSPS) is 14.1. The fourth-order valence-electron chi connectivity index (χ4n) is 2.24. The van der Waals surface area contributed by atoms with Gasteiger partial charge in [0, 0.05) is 34.8 Å². The highest BCUT2D eigenvalue weighted by molar-refractivity contribution is 9.10. The van der Waals surface area contributed by atoms with E-state index in [1.54, 1.807) is 0 Å². The molecule has 0 radical (unpaired) electrons. The number of ketones is 1. The van der Waals surface area contributed by atoms with E-state index in [2.05, 4.69) is 22.0 Å². The predicted octanol–water partition coefficient (Wildman–Crippen LogP) is 3.01. The molecule has 0 atom stereocenters. The highest BCUT2D eigenvalue weighted by atomic mass is 79.9. The summed E-state index contributed by atoms with van der Waals surface area (Å²) in [4.78, 5) is 12.0. The maximum atomic E-state index is 12.0. The Hall–Kier alpha value is -0.870. The number of carbonyl (C=O) groups is 1. The van der Waals surface area contributed by atoms with Gasteiger partial charge in [0.15, 0.2) is 0 Å². The van der Waals surface area contributed by atoms with E-state index in [0.717, 1.165) is 22.2 Å². The maximum Gasteiger partial charge on any atom is 0.137 e. The smallest absolute Gasteiger partial charge is 0.137 e. The number of Topliss-reactive ketones (excluding diaryl/α,β-unsaturated/α-hetero) is 1. The van der Waals surface area contributed by atoms with E-state index >= 15 is 0 Å². The van der Waals surface area contributed by atoms with Gasteiger partial charge in [0.2, 0.25) is 0 Å². The van der Waals surface area contributed by atoms with Crippen LogP contribution >= 0.6 is 15.9 Å². The fraction of sp³-hybridized carbons (Fsp3) is 0.533. The van der Waals surface area contributed by atoms with Gasteiger partial charge < -0.3 is 10.5 Å². The first-order valence-corrected chi connectivity index (χ1v) is 7.39. The first kappa shape index (κ1) is 14.5. The third kappa shape index (κ3) is 4.05. The number of ether oxygens (including phenoxy) is 1. The van der Waals surface area contributed by atoms with Gasteiger partial charge in [-0.2, -0.15) is 0 Å². The topological polar surface area (TPSA) is 52.3 Å². The van der Waals surface area contributed by atoms with Crippen molar-refractivity contribution in [3.63, 3.8) is 0 Å². The summed E-state index contributed by atoms with van der Waals surface area (Å²) in [6, 6.07) is 4.05. The van der Waals surface area contributed by atoms with Crippen molar-refractivity contribution in [2.45, 2.75) is 45.1 Å². The molecule has 0 spiro atoms. The molecule has 19 heavy (non-hydrogen) atoms. The Balaban J connectivity index is 2.05. The Morgan fingerprint density at radius 1 is 1.47 bits per heavy atom. The zero-order valence-electron chi connectivity index (χ0n) is 11.5. The van der Waals surface area contributed by atoms with Crippen molar-refractivity contribution in [1.29, 1.82) is 0 Å². The van der Waals surface area contributed by atoms with Gasteiger partial charge in [-0.1, -0.05) is 15.9 Å². The molecule has 1 aliphatic rings. The van der Waals surface area contributed by atoms with Crippen LogP contribution in [0.25, 0.3) is 0 Å². The Bertz CT molecular complexity index is 492. The Morgan fingerprint density at radius 3 is 2.89 bits per heavy atom. The van der Waals surface area contributed by atoms with Crippen molar-refractivity contribution < 1.29 is 9.53 Å². The van der Waals surface area contributed by atoms with Crippen LogP contribution in [0.2, 0.25) is 0 Å². The van der Waals surface area contributed by atoms with Crippen molar-refractivity contribution in [2.24, 2.45) is 5.73 Å². The second-order valence-corrected chi connectivity index (χ2v) is 6.77. The third-order valence-corrected chi connectivity index (χ3v) is 3.72. The zero-order valence-corrected chi connectivity index (χ0v) is 13.0. The third-order valence-electron chi connectivity index (χ3n) is 3.26. The molecule has 0 amide bonds. The summed E-state index contributed by atoms with van der Waals surface area (Å²) in [7, 11) is 0. The molecule has 0 saturated carbocycles. The molecule has 1 aromatic rings. The molecular weight excluding hydrogens is 306 g/mol. The van der Waals surface area contributed by atoms with Crippen molar-refractivity contribution in [2.75, 3.05) is 6.61 Å². The van der Waals surface area contributed by atoms with Crippen molar-refractivity contribution >= 4 is 21.7 Å². The molecular formula is C15H20BrNO2. The number of hydrogen-bond donors (Lipinski definition) is 1. The number of rotatable bonds is 5. The molecule has 1 heterocycles. The second kappa shape index (κ2) is 5.63. The standard InChI is InChI=1S/C15H20BrNO2/c1-15(2,17)5-3-13(18)9-11-8-12(16)7-10-4-6-19-14(10)11/h7-8H,3-6,9,17H2,1-2H3. The number of benzene rings is 1. The maximum absolute atomic E-state index is 12.0. The number of nitrogens with two attached hydrogens (primary N) is 1. The monoisotopic (exact) mass is 325 g/mol. The van der Waals surface area contributed by atoms with Crippen LogP contribution in [-0.2, 0) is 17.6 Å². The quantitative estimate of drug-likeness (QED) is 0.905. The van der Waals surface area contributed by atoms with Crippen LogP contribution < -0.4 is 10.5 Å². The summed E-state index contributed by atoms with van der Waals surface area (Å²) in [5.74, 6) is 1.12. The van der Waals surface area contributed by atoms with Gasteiger partial charge in [-0.15, -0.1) is 0 Å². The SMILES string of the molecule is CC(C)(N)CCC(=O)Cc1cc(Br)cc2c1OCC2. The van der Waals surface area contributed by atoms with Crippen molar-refractivity contribution in [3.8, 4) is 5.75 Å². The van der Waals surface area contributed by atoms with Gasteiger partial charge in [-0.05, 0) is 38.0 Å². The number of fused-ring (bicyclic) bond motifs is 1. The molecule has 2 rings (SSSR count). The average Bonchev–Trinajstić information content (AvgIpc) is 2.73. The zero-order chi connectivity index (χ0) is 14.0. The molecule has 0 unspecified atom stereocenters. The van der Waals surface area contributed by atoms with Crippen LogP contribution in [0.4, 0.5) is 0 Å². The molecule has 3 nitrogen and oxygen atoms in total. The van der Waals surface area contributed by atoms with Crippen molar-refractivity contribution in [3.05, 3.63) is 27.7 Å². The molecule has 104 valence electrons. The first-order chi connectivity index (χ1) is 8.85. The first-order valence-electron chi connectivity index (χ1n) is 6.60. The molecule has 0 fully saturated rings. The second-order valence-electron chi connectivity index (χ2n) is 5.86. The molecule has 0 saturated heterocycles. The minimum Gasteiger partial charge on any atom is -0.493 e. The summed E-state index contributed by atoms with van der Waals surface area (Å²) in [6.07, 6.45) is 2.58. The fourth-order valence-corrected chi connectivity index (χ4v) is 2.79. The highest BCUT2D eigenvalue weighted by Gasteiger charge is 2.20. The van der Waals surface area contributed by atoms with Gasteiger partial charge in [0.25, 0.3) is 0 Å². The van der Waals surface area contributed by atoms with Gasteiger partial charge in [0.1, 0.15) is 11.5 Å². The molecule has 4 heteroatoms. The molecule has 0 aromatic heterocycles. The van der Waals surface area contributed by atoms with Gasteiger partial charge in [-0.3, -0.25) is 4.79 Å². The molecule has 0 bridgehead atoms. The summed E-state index contributed by atoms with van der Waals surface area (Å²) >= 11 is 3.49. The molecule has 1 aliphatic heterocycles. The lowest BCUT2D eigenvalue weighted by atomic mass is 9.95. The molecule has 2 N–H and O–H groups in total. The van der Waals surface area contributed by atoms with Crippen LogP contribution in [0.5, 0.6) is 5.75 Å². The lowest BCUT2D eigenvalue weighted by molar-refractivity contribution is -0.118. The summed E-state index contributed by atoms with van der Waals surface area (Å²) in [5, 5.41) is 0. The minimum atomic E-state index is -0.286. The van der Waals surface area contributed by atoms with E-state index < -0.39 is 0 Å². The van der Waals surface area contributed by atoms with E-state index in [9.17, 15) is 4.79 Å². The van der Waals surface area contributed by atoms with E-state index in [0.29, 0.717) is 25.9 Å². The van der Waals surface area contributed by atoms with Crippen LogP contribution in [0, 0.1) is 0 Å². The average molecular weight is 326 g/mol. The number of halogens is 1. The number of hydrogen-bond acceptors (Lipinski definition) is 3. The van der Waals surface area contributed by atoms with E-state index in [4.69, 9.17) is 10.5 Å². The highest BCUT2D eigenvalue weighted by Crippen LogP contribution is 2.33. The Morgan fingerprint density at radius 2 is 2.21 bits per heavy atom. The largest absolute Gasteiger partial charge is 0.493 e. The summed E-state index contributed by atoms with van der Waals surface area (Å²) < 4.78 is 6.65. The van der Waals surface area contributed by atoms with Gasteiger partial charge in [-0.25, -0.2) is 0 Å². The summed E-state index contributed by atoms with van der Waals surface area (Å²) in [6.45, 7) is 4.60. The Labute approximate surface area is 122 Å². The molecule has 0 aliphatic carbocycles.